The van der Waals surface area contributed by atoms with Crippen molar-refractivity contribution in [1.82, 2.24) is 10.2 Å². The third-order valence-corrected chi connectivity index (χ3v) is 5.52. The quantitative estimate of drug-likeness (QED) is 0.696. The van der Waals surface area contributed by atoms with E-state index in [0.717, 1.165) is 45.7 Å². The highest BCUT2D eigenvalue weighted by molar-refractivity contribution is 5.89. The molecule has 1 atom stereocenters. The summed E-state index contributed by atoms with van der Waals surface area (Å²) in [5.74, 6) is 0.0873. The lowest BCUT2D eigenvalue weighted by Crippen LogP contribution is -3.14. The number of likely N-dealkylation sites (tertiary alicyclic amines) is 1. The van der Waals surface area contributed by atoms with E-state index in [4.69, 9.17) is 4.74 Å². The van der Waals surface area contributed by atoms with E-state index in [0.29, 0.717) is 25.6 Å². The highest BCUT2D eigenvalue weighted by atomic mass is 16.5. The maximum atomic E-state index is 12.3. The molecule has 2 amide bonds. The van der Waals surface area contributed by atoms with Crippen molar-refractivity contribution in [1.29, 1.82) is 0 Å². The minimum absolute atomic E-state index is 0.0596. The maximum Gasteiger partial charge on any atom is 0.225 e. The number of rotatable bonds is 5. The fourth-order valence-corrected chi connectivity index (χ4v) is 4.07. The van der Waals surface area contributed by atoms with Crippen LogP contribution < -0.4 is 10.2 Å². The van der Waals surface area contributed by atoms with Gasteiger partial charge in [-0.25, -0.2) is 0 Å². The van der Waals surface area contributed by atoms with Crippen LogP contribution in [0.4, 0.5) is 0 Å². The topological polar surface area (TPSA) is 63.1 Å². The summed E-state index contributed by atoms with van der Waals surface area (Å²) in [6.45, 7) is 5.94. The van der Waals surface area contributed by atoms with Crippen LogP contribution in [0.15, 0.2) is 0 Å². The smallest absolute Gasteiger partial charge is 0.225 e. The lowest BCUT2D eigenvalue weighted by molar-refractivity contribution is -0.906. The summed E-state index contributed by atoms with van der Waals surface area (Å²) in [4.78, 5) is 28.0. The number of quaternary nitrogens is 1. The molecular weight excluding hydrogens is 294 g/mol. The van der Waals surface area contributed by atoms with Gasteiger partial charge in [-0.3, -0.25) is 9.59 Å². The third-order valence-electron chi connectivity index (χ3n) is 5.52. The molecule has 6 nitrogen and oxygen atoms in total. The van der Waals surface area contributed by atoms with Crippen LogP contribution in [0.25, 0.3) is 0 Å². The summed E-state index contributed by atoms with van der Waals surface area (Å²) >= 11 is 0. The molecule has 0 unspecified atom stereocenters. The molecule has 3 aliphatic rings. The summed E-state index contributed by atoms with van der Waals surface area (Å²) < 4.78 is 5.34. The zero-order valence-electron chi connectivity index (χ0n) is 14.0. The van der Waals surface area contributed by atoms with Gasteiger partial charge in [-0.2, -0.15) is 0 Å². The molecule has 2 aliphatic heterocycles. The fourth-order valence-electron chi connectivity index (χ4n) is 4.07. The molecule has 1 aliphatic carbocycles. The van der Waals surface area contributed by atoms with Crippen molar-refractivity contribution in [2.24, 2.45) is 5.92 Å². The molecule has 2 saturated heterocycles. The van der Waals surface area contributed by atoms with E-state index < -0.39 is 0 Å². The first-order valence-corrected chi connectivity index (χ1v) is 9.22. The second-order valence-corrected chi connectivity index (χ2v) is 7.14. The third kappa shape index (κ3) is 4.44. The molecule has 2 N–H and O–H groups in total. The summed E-state index contributed by atoms with van der Waals surface area (Å²) in [7, 11) is 0. The Kier molecular flexibility index (Phi) is 5.89. The largest absolute Gasteiger partial charge is 0.370 e. The summed E-state index contributed by atoms with van der Waals surface area (Å²) in [5, 5.41) is 3.04. The van der Waals surface area contributed by atoms with Gasteiger partial charge in [0.15, 0.2) is 0 Å². The monoisotopic (exact) mass is 324 g/mol. The average molecular weight is 324 g/mol. The zero-order valence-corrected chi connectivity index (χ0v) is 14.0. The minimum atomic E-state index is -0.149. The molecule has 1 saturated carbocycles. The van der Waals surface area contributed by atoms with Crippen LogP contribution in [0.5, 0.6) is 0 Å². The molecule has 3 rings (SSSR count). The molecule has 0 radical (unpaired) electrons. The number of morpholine rings is 1. The van der Waals surface area contributed by atoms with Gasteiger partial charge >= 0.3 is 0 Å². The number of hydrogen-bond donors (Lipinski definition) is 2. The molecule has 0 spiro atoms. The molecular formula is C17H30N3O3+. The normalized spacial score (nSPS) is 27.4. The number of ether oxygens (including phenoxy) is 1. The Hall–Kier alpha value is -1.14. The van der Waals surface area contributed by atoms with Crippen LogP contribution in [0.2, 0.25) is 0 Å². The number of carbonyl (C=O) groups excluding carboxylic acids is 2. The highest BCUT2D eigenvalue weighted by Crippen LogP contribution is 2.28. The number of nitrogens with zero attached hydrogens (tertiary/aromatic N) is 1. The second-order valence-electron chi connectivity index (χ2n) is 7.14. The van der Waals surface area contributed by atoms with Crippen LogP contribution in [0.1, 0.15) is 38.5 Å². The van der Waals surface area contributed by atoms with Gasteiger partial charge in [0.1, 0.15) is 13.1 Å². The van der Waals surface area contributed by atoms with Gasteiger partial charge in [0.25, 0.3) is 0 Å². The Morgan fingerprint density at radius 1 is 1.22 bits per heavy atom. The van der Waals surface area contributed by atoms with Crippen LogP contribution in [-0.2, 0) is 14.3 Å². The van der Waals surface area contributed by atoms with E-state index in [1.807, 2.05) is 4.90 Å². The van der Waals surface area contributed by atoms with E-state index in [1.54, 1.807) is 0 Å². The van der Waals surface area contributed by atoms with Gasteiger partial charge in [-0.1, -0.05) is 19.3 Å². The number of amides is 2. The first-order valence-electron chi connectivity index (χ1n) is 9.22. The summed E-state index contributed by atoms with van der Waals surface area (Å²) in [5.41, 5.74) is 0. The van der Waals surface area contributed by atoms with E-state index >= 15 is 0 Å². The van der Waals surface area contributed by atoms with E-state index in [1.165, 1.54) is 24.2 Å². The minimum Gasteiger partial charge on any atom is -0.370 e. The van der Waals surface area contributed by atoms with Crippen LogP contribution in [0.3, 0.4) is 0 Å². The molecule has 130 valence electrons. The predicted octanol–water partition coefficient (Wildman–Crippen LogP) is -0.801. The van der Waals surface area contributed by atoms with Gasteiger partial charge in [-0.05, 0) is 12.8 Å². The second kappa shape index (κ2) is 8.11. The van der Waals surface area contributed by atoms with Gasteiger partial charge in [0.05, 0.1) is 32.2 Å². The molecule has 3 fully saturated rings. The Morgan fingerprint density at radius 3 is 2.70 bits per heavy atom. The van der Waals surface area contributed by atoms with E-state index in [2.05, 4.69) is 5.32 Å². The molecule has 0 bridgehead atoms. The average Bonchev–Trinajstić information content (AvgIpc) is 2.98. The first-order chi connectivity index (χ1) is 11.2. The standard InChI is InChI=1S/C17H29N3O3/c21-16-12-14(13-20(16)15-4-2-1-3-5-15)17(22)18-6-7-19-8-10-23-11-9-19/h14-15H,1-13H2,(H,18,22)/p+1/t14-/m0/s1. The lowest BCUT2D eigenvalue weighted by Gasteiger charge is -2.31. The first kappa shape index (κ1) is 16.7. The van der Waals surface area contributed by atoms with Crippen molar-refractivity contribution in [3.05, 3.63) is 0 Å². The van der Waals surface area contributed by atoms with Crippen molar-refractivity contribution in [2.45, 2.75) is 44.6 Å². The van der Waals surface area contributed by atoms with Crippen molar-refractivity contribution >= 4 is 11.8 Å². The van der Waals surface area contributed by atoms with Crippen molar-refractivity contribution < 1.29 is 19.2 Å². The molecule has 2 heterocycles. The van der Waals surface area contributed by atoms with Crippen LogP contribution in [-0.4, -0.2) is 68.7 Å². The Morgan fingerprint density at radius 2 is 1.96 bits per heavy atom. The van der Waals surface area contributed by atoms with Crippen molar-refractivity contribution in [2.75, 3.05) is 45.9 Å². The Labute approximate surface area is 138 Å². The zero-order chi connectivity index (χ0) is 16.1. The van der Waals surface area contributed by atoms with Crippen LogP contribution >= 0.6 is 0 Å². The summed E-state index contributed by atoms with van der Waals surface area (Å²) in [6, 6.07) is 0.381. The van der Waals surface area contributed by atoms with Crippen molar-refractivity contribution in [3.8, 4) is 0 Å². The Balaban J connectivity index is 1.40. The SMILES string of the molecule is O=C(NCC[NH+]1CCOCC1)[C@H]1CC(=O)N(C2CCCCC2)C1. The molecule has 0 aromatic heterocycles. The fraction of sp³-hybridized carbons (Fsp3) is 0.882. The predicted molar refractivity (Wildman–Crippen MR) is 86.1 cm³/mol. The van der Waals surface area contributed by atoms with E-state index in [9.17, 15) is 9.59 Å². The van der Waals surface area contributed by atoms with Gasteiger partial charge in [-0.15, -0.1) is 0 Å². The molecule has 0 aromatic carbocycles. The summed E-state index contributed by atoms with van der Waals surface area (Å²) in [6.07, 6.45) is 6.33. The lowest BCUT2D eigenvalue weighted by atomic mass is 9.94. The van der Waals surface area contributed by atoms with Gasteiger partial charge in [0.2, 0.25) is 11.8 Å². The number of nitrogens with one attached hydrogen (secondary N) is 2. The van der Waals surface area contributed by atoms with Crippen LogP contribution in [0, 0.1) is 5.92 Å². The Bertz CT molecular complexity index is 417. The number of hydrogen-bond acceptors (Lipinski definition) is 3. The molecule has 6 heteroatoms. The molecule has 0 aromatic rings. The highest BCUT2D eigenvalue weighted by Gasteiger charge is 2.38. The van der Waals surface area contributed by atoms with Gasteiger partial charge < -0.3 is 19.9 Å². The molecule has 23 heavy (non-hydrogen) atoms. The van der Waals surface area contributed by atoms with E-state index in [-0.39, 0.29) is 17.7 Å². The number of carbonyl (C=O) groups is 2. The van der Waals surface area contributed by atoms with Gasteiger partial charge in [0, 0.05) is 19.0 Å². The maximum absolute atomic E-state index is 12.3. The van der Waals surface area contributed by atoms with Crippen molar-refractivity contribution in [3.63, 3.8) is 0 Å².